The van der Waals surface area contributed by atoms with E-state index in [1.807, 2.05) is 0 Å². The minimum Gasteiger partial charge on any atom is -0.375 e. The van der Waals surface area contributed by atoms with E-state index in [1.54, 1.807) is 0 Å². The highest BCUT2D eigenvalue weighted by molar-refractivity contribution is 5.62. The van der Waals surface area contributed by atoms with Crippen LogP contribution in [0.1, 0.15) is 11.1 Å². The molecule has 2 aromatic rings. The molecule has 0 spiro atoms. The van der Waals surface area contributed by atoms with Gasteiger partial charge in [0.25, 0.3) is 0 Å². The molecule has 0 saturated heterocycles. The zero-order valence-corrected chi connectivity index (χ0v) is 11.3. The maximum Gasteiger partial charge on any atom is 0.416 e. The van der Waals surface area contributed by atoms with Gasteiger partial charge in [0.05, 0.1) is 10.5 Å². The molecule has 1 N–H and O–H groups in total. The second kappa shape index (κ2) is 6.19. The number of nitro groups is 1. The Labute approximate surface area is 126 Å². The van der Waals surface area contributed by atoms with Gasteiger partial charge in [0.1, 0.15) is 11.5 Å². The molecule has 0 aromatic heterocycles. The minimum absolute atomic E-state index is 0.271. The topological polar surface area (TPSA) is 55.2 Å². The third-order valence-electron chi connectivity index (χ3n) is 3.02. The van der Waals surface area contributed by atoms with E-state index < -0.39 is 40.5 Å². The SMILES string of the molecule is O=[N+]([O-])c1c(F)cccc1NCc1ccc(F)cc1C(F)(F)F. The Morgan fingerprint density at radius 2 is 1.83 bits per heavy atom. The number of nitrogens with zero attached hydrogens (tertiary/aromatic N) is 1. The van der Waals surface area contributed by atoms with E-state index in [-0.39, 0.29) is 11.3 Å². The van der Waals surface area contributed by atoms with Crippen molar-refractivity contribution in [2.24, 2.45) is 0 Å². The summed E-state index contributed by atoms with van der Waals surface area (Å²) < 4.78 is 65.0. The van der Waals surface area contributed by atoms with Gasteiger partial charge < -0.3 is 5.32 Å². The van der Waals surface area contributed by atoms with Crippen LogP contribution in [0.3, 0.4) is 0 Å². The van der Waals surface area contributed by atoms with Crippen LogP contribution in [0.25, 0.3) is 0 Å². The van der Waals surface area contributed by atoms with Crippen molar-refractivity contribution in [1.82, 2.24) is 0 Å². The van der Waals surface area contributed by atoms with Gasteiger partial charge in [0.15, 0.2) is 0 Å². The number of hydrogen-bond donors (Lipinski definition) is 1. The average Bonchev–Trinajstić information content (AvgIpc) is 2.44. The Balaban J connectivity index is 2.33. The van der Waals surface area contributed by atoms with Crippen molar-refractivity contribution in [3.63, 3.8) is 0 Å². The van der Waals surface area contributed by atoms with Gasteiger partial charge in [0.2, 0.25) is 5.82 Å². The van der Waals surface area contributed by atoms with E-state index in [4.69, 9.17) is 0 Å². The van der Waals surface area contributed by atoms with Crippen LogP contribution in [0.2, 0.25) is 0 Å². The fourth-order valence-corrected chi connectivity index (χ4v) is 2.00. The van der Waals surface area contributed by atoms with E-state index in [2.05, 4.69) is 5.32 Å². The van der Waals surface area contributed by atoms with Gasteiger partial charge in [-0.2, -0.15) is 17.6 Å². The maximum atomic E-state index is 13.4. The molecule has 0 bridgehead atoms. The van der Waals surface area contributed by atoms with Crippen molar-refractivity contribution < 1.29 is 26.9 Å². The lowest BCUT2D eigenvalue weighted by Gasteiger charge is -2.14. The first-order valence-corrected chi connectivity index (χ1v) is 6.22. The molecule has 0 unspecified atom stereocenters. The highest BCUT2D eigenvalue weighted by Crippen LogP contribution is 2.34. The summed E-state index contributed by atoms with van der Waals surface area (Å²) in [6, 6.07) is 5.29. The standard InChI is InChI=1S/C14H9F5N2O2/c15-9-5-4-8(10(6-9)14(17,18)19)7-20-12-3-1-2-11(16)13(12)21(22)23/h1-6,20H,7H2. The van der Waals surface area contributed by atoms with Crippen molar-refractivity contribution in [1.29, 1.82) is 0 Å². The van der Waals surface area contributed by atoms with Crippen LogP contribution in [-0.4, -0.2) is 4.92 Å². The van der Waals surface area contributed by atoms with Crippen LogP contribution in [-0.2, 0) is 12.7 Å². The predicted molar refractivity (Wildman–Crippen MR) is 71.8 cm³/mol. The van der Waals surface area contributed by atoms with Crippen molar-refractivity contribution in [3.8, 4) is 0 Å². The number of hydrogen-bond acceptors (Lipinski definition) is 3. The lowest BCUT2D eigenvalue weighted by atomic mass is 10.1. The Bertz CT molecular complexity index is 746. The monoisotopic (exact) mass is 332 g/mol. The Morgan fingerprint density at radius 1 is 1.13 bits per heavy atom. The minimum atomic E-state index is -4.78. The molecule has 0 radical (unpaired) electrons. The van der Waals surface area contributed by atoms with Crippen molar-refractivity contribution in [3.05, 3.63) is 69.3 Å². The van der Waals surface area contributed by atoms with Crippen LogP contribution < -0.4 is 5.32 Å². The number of nitrogens with one attached hydrogen (secondary N) is 1. The van der Waals surface area contributed by atoms with Crippen molar-refractivity contribution in [2.75, 3.05) is 5.32 Å². The summed E-state index contributed by atoms with van der Waals surface area (Å²) in [7, 11) is 0. The molecule has 0 aliphatic heterocycles. The largest absolute Gasteiger partial charge is 0.416 e. The Kier molecular flexibility index (Phi) is 4.48. The van der Waals surface area contributed by atoms with Crippen LogP contribution in [0.4, 0.5) is 33.3 Å². The first kappa shape index (κ1) is 16.7. The molecule has 0 fully saturated rings. The molecule has 0 atom stereocenters. The molecule has 0 aliphatic rings. The molecule has 0 aliphatic carbocycles. The lowest BCUT2D eigenvalue weighted by Crippen LogP contribution is -2.13. The molecule has 0 heterocycles. The quantitative estimate of drug-likeness (QED) is 0.509. The summed E-state index contributed by atoms with van der Waals surface area (Å²) in [4.78, 5) is 9.84. The van der Waals surface area contributed by atoms with E-state index in [0.717, 1.165) is 24.3 Å². The Morgan fingerprint density at radius 3 is 2.43 bits per heavy atom. The molecule has 4 nitrogen and oxygen atoms in total. The van der Waals surface area contributed by atoms with E-state index >= 15 is 0 Å². The van der Waals surface area contributed by atoms with Gasteiger partial charge in [-0.25, -0.2) is 4.39 Å². The first-order chi connectivity index (χ1) is 10.7. The van der Waals surface area contributed by atoms with Gasteiger partial charge in [0, 0.05) is 6.54 Å². The molecule has 2 aromatic carbocycles. The molecule has 0 amide bonds. The van der Waals surface area contributed by atoms with E-state index in [1.165, 1.54) is 6.07 Å². The van der Waals surface area contributed by atoms with Gasteiger partial charge in [-0.15, -0.1) is 0 Å². The number of rotatable bonds is 4. The van der Waals surface area contributed by atoms with Gasteiger partial charge in [-0.05, 0) is 29.8 Å². The average molecular weight is 332 g/mol. The molecular formula is C14H9F5N2O2. The Hall–Kier alpha value is -2.71. The van der Waals surface area contributed by atoms with Crippen LogP contribution in [0.5, 0.6) is 0 Å². The summed E-state index contributed by atoms with van der Waals surface area (Å²) in [5.41, 5.74) is -2.67. The van der Waals surface area contributed by atoms with E-state index in [0.29, 0.717) is 6.07 Å². The summed E-state index contributed by atoms with van der Waals surface area (Å²) in [5, 5.41) is 13.2. The molecular weight excluding hydrogens is 323 g/mol. The van der Waals surface area contributed by atoms with Gasteiger partial charge in [-0.3, -0.25) is 10.1 Å². The molecule has 9 heteroatoms. The smallest absolute Gasteiger partial charge is 0.375 e. The van der Waals surface area contributed by atoms with Crippen LogP contribution >= 0.6 is 0 Å². The van der Waals surface area contributed by atoms with Crippen molar-refractivity contribution in [2.45, 2.75) is 12.7 Å². The predicted octanol–water partition coefficient (Wildman–Crippen LogP) is 4.50. The number of para-hydroxylation sites is 1. The number of halogens is 5. The third kappa shape index (κ3) is 3.74. The number of alkyl halides is 3. The number of benzene rings is 2. The lowest BCUT2D eigenvalue weighted by molar-refractivity contribution is -0.386. The van der Waals surface area contributed by atoms with Crippen LogP contribution in [0.15, 0.2) is 36.4 Å². The maximum absolute atomic E-state index is 13.4. The fraction of sp³-hybridized carbons (Fsp3) is 0.143. The number of nitro benzene ring substituents is 1. The van der Waals surface area contributed by atoms with Gasteiger partial charge in [-0.1, -0.05) is 12.1 Å². The second-order valence-corrected chi connectivity index (χ2v) is 4.55. The fourth-order valence-electron chi connectivity index (χ4n) is 2.00. The second-order valence-electron chi connectivity index (χ2n) is 4.55. The van der Waals surface area contributed by atoms with Crippen molar-refractivity contribution >= 4 is 11.4 Å². The zero-order valence-electron chi connectivity index (χ0n) is 11.3. The highest BCUT2D eigenvalue weighted by atomic mass is 19.4. The number of anilines is 1. The molecule has 0 saturated carbocycles. The van der Waals surface area contributed by atoms with Gasteiger partial charge >= 0.3 is 11.9 Å². The summed E-state index contributed by atoms with van der Waals surface area (Å²) in [6.45, 7) is -0.487. The summed E-state index contributed by atoms with van der Waals surface area (Å²) in [5.74, 6) is -2.17. The highest BCUT2D eigenvalue weighted by Gasteiger charge is 2.33. The normalized spacial score (nSPS) is 11.3. The first-order valence-electron chi connectivity index (χ1n) is 6.22. The summed E-state index contributed by atoms with van der Waals surface area (Å²) in [6.07, 6.45) is -4.78. The van der Waals surface area contributed by atoms with E-state index in [9.17, 15) is 32.1 Å². The molecule has 2 rings (SSSR count). The third-order valence-corrected chi connectivity index (χ3v) is 3.02. The molecule has 122 valence electrons. The zero-order chi connectivity index (χ0) is 17.2. The molecule has 23 heavy (non-hydrogen) atoms. The van der Waals surface area contributed by atoms with Crippen LogP contribution in [0, 0.1) is 21.7 Å². The summed E-state index contributed by atoms with van der Waals surface area (Å²) >= 11 is 0.